The Labute approximate surface area is 141 Å². The smallest absolute Gasteiger partial charge is 0.274 e. The minimum absolute atomic E-state index is 0.141. The quantitative estimate of drug-likeness (QED) is 0.746. The Hall–Kier alpha value is -1.69. The fourth-order valence-electron chi connectivity index (χ4n) is 1.76. The number of benzene rings is 1. The van der Waals surface area contributed by atoms with E-state index < -0.39 is 25.6 Å². The van der Waals surface area contributed by atoms with Gasteiger partial charge in [-0.25, -0.2) is 22.0 Å². The normalized spacial score (nSPS) is 12.1. The summed E-state index contributed by atoms with van der Waals surface area (Å²) < 4.78 is 50.8. The van der Waals surface area contributed by atoms with E-state index in [-0.39, 0.29) is 15.5 Å². The molecule has 8 nitrogen and oxygen atoms in total. The van der Waals surface area contributed by atoms with Gasteiger partial charge in [0.1, 0.15) is 5.69 Å². The summed E-state index contributed by atoms with van der Waals surface area (Å²) in [7, 11) is -6.49. The second kappa shape index (κ2) is 6.07. The molecule has 2 aromatic rings. The van der Waals surface area contributed by atoms with E-state index in [1.165, 1.54) is 23.9 Å². The van der Waals surface area contributed by atoms with E-state index in [0.717, 1.165) is 24.3 Å². The van der Waals surface area contributed by atoms with Gasteiger partial charge in [-0.3, -0.25) is 9.52 Å². The molecule has 2 rings (SSSR count). The van der Waals surface area contributed by atoms with E-state index in [9.17, 15) is 21.6 Å². The number of primary sulfonamides is 1. The Balaban J connectivity index is 2.42. The van der Waals surface area contributed by atoms with Crippen LogP contribution in [-0.2, 0) is 27.1 Å². The molecule has 1 aromatic heterocycles. The Morgan fingerprint density at radius 1 is 1.09 bits per heavy atom. The van der Waals surface area contributed by atoms with Gasteiger partial charge >= 0.3 is 0 Å². The number of nitrogens with one attached hydrogen (secondary N) is 1. The summed E-state index contributed by atoms with van der Waals surface area (Å²) in [5.74, 6) is 0. The summed E-state index contributed by atoms with van der Waals surface area (Å²) in [6, 6.07) is 5.65. The van der Waals surface area contributed by atoms with Crippen LogP contribution in [0.25, 0.3) is 0 Å². The molecule has 0 spiro atoms. The van der Waals surface area contributed by atoms with Crippen LogP contribution < -0.4 is 15.4 Å². The number of aromatic nitrogens is 1. The molecular formula is C12H12BrN3O5S2. The predicted molar refractivity (Wildman–Crippen MR) is 88.0 cm³/mol. The zero-order valence-corrected chi connectivity index (χ0v) is 14.9. The third-order valence-electron chi connectivity index (χ3n) is 2.86. The Bertz CT molecular complexity index is 1010. The van der Waals surface area contributed by atoms with Crippen LogP contribution in [0, 0.1) is 0 Å². The molecule has 0 aliphatic rings. The Morgan fingerprint density at radius 2 is 1.61 bits per heavy atom. The summed E-state index contributed by atoms with van der Waals surface area (Å²) in [5, 5.41) is 4.95. The van der Waals surface area contributed by atoms with Gasteiger partial charge < -0.3 is 4.57 Å². The van der Waals surface area contributed by atoms with E-state index in [1.54, 1.807) is 0 Å². The van der Waals surface area contributed by atoms with Crippen molar-refractivity contribution in [3.8, 4) is 0 Å². The predicted octanol–water partition coefficient (Wildman–Crippen LogP) is 0.596. The van der Waals surface area contributed by atoms with Crippen LogP contribution >= 0.6 is 15.9 Å². The maximum atomic E-state index is 12.3. The van der Waals surface area contributed by atoms with Gasteiger partial charge in [-0.05, 0) is 46.3 Å². The van der Waals surface area contributed by atoms with Gasteiger partial charge in [0, 0.05) is 17.7 Å². The number of rotatable bonds is 4. The highest BCUT2D eigenvalue weighted by Gasteiger charge is 2.18. The van der Waals surface area contributed by atoms with E-state index in [0.29, 0.717) is 4.47 Å². The highest BCUT2D eigenvalue weighted by molar-refractivity contribution is 9.10. The van der Waals surface area contributed by atoms with Crippen molar-refractivity contribution in [1.82, 2.24) is 4.57 Å². The minimum Gasteiger partial charge on any atom is -0.316 e. The number of sulfonamides is 2. The molecular weight excluding hydrogens is 410 g/mol. The van der Waals surface area contributed by atoms with Crippen molar-refractivity contribution in [3.63, 3.8) is 0 Å². The molecule has 1 aromatic carbocycles. The first-order chi connectivity index (χ1) is 10.5. The van der Waals surface area contributed by atoms with Crippen LogP contribution in [0.1, 0.15) is 0 Å². The second-order valence-electron chi connectivity index (χ2n) is 4.61. The number of aryl methyl sites for hydroxylation is 1. The largest absolute Gasteiger partial charge is 0.316 e. The molecule has 1 heterocycles. The number of hydrogen-bond acceptors (Lipinski definition) is 5. The van der Waals surface area contributed by atoms with Crippen molar-refractivity contribution >= 4 is 41.7 Å². The Kier molecular flexibility index (Phi) is 4.66. The fraction of sp³-hybridized carbons (Fsp3) is 0.0833. The zero-order valence-electron chi connectivity index (χ0n) is 11.7. The van der Waals surface area contributed by atoms with Crippen LogP contribution in [0.3, 0.4) is 0 Å². The van der Waals surface area contributed by atoms with Gasteiger partial charge in [-0.2, -0.15) is 0 Å². The number of anilines is 1. The molecule has 0 aliphatic carbocycles. The van der Waals surface area contributed by atoms with Crippen molar-refractivity contribution in [2.45, 2.75) is 9.79 Å². The molecule has 0 bridgehead atoms. The first-order valence-corrected chi connectivity index (χ1v) is 9.85. The SMILES string of the molecule is Cn1cc(Br)cc(NS(=O)(=O)c2ccc(S(N)(=O)=O)cc2)c1=O. The Morgan fingerprint density at radius 3 is 2.13 bits per heavy atom. The van der Waals surface area contributed by atoms with Gasteiger partial charge in [0.2, 0.25) is 10.0 Å². The van der Waals surface area contributed by atoms with Crippen molar-refractivity contribution in [2.75, 3.05) is 4.72 Å². The molecule has 11 heteroatoms. The lowest BCUT2D eigenvalue weighted by Crippen LogP contribution is -2.24. The molecule has 23 heavy (non-hydrogen) atoms. The lowest BCUT2D eigenvalue weighted by atomic mass is 10.4. The molecule has 0 amide bonds. The number of halogens is 1. The molecule has 0 unspecified atom stereocenters. The monoisotopic (exact) mass is 421 g/mol. The second-order valence-corrected chi connectivity index (χ2v) is 8.77. The van der Waals surface area contributed by atoms with E-state index >= 15 is 0 Å². The fourth-order valence-corrected chi connectivity index (χ4v) is 3.86. The molecule has 3 N–H and O–H groups in total. The lowest BCUT2D eigenvalue weighted by Gasteiger charge is -2.09. The first-order valence-electron chi connectivity index (χ1n) is 6.02. The number of nitrogens with zero attached hydrogens (tertiary/aromatic N) is 1. The molecule has 0 aliphatic heterocycles. The van der Waals surface area contributed by atoms with Crippen molar-refractivity contribution in [3.05, 3.63) is 51.4 Å². The molecule has 0 fully saturated rings. The van der Waals surface area contributed by atoms with Crippen LogP contribution in [0.5, 0.6) is 0 Å². The van der Waals surface area contributed by atoms with Crippen molar-refractivity contribution in [1.29, 1.82) is 0 Å². The van der Waals surface area contributed by atoms with Gasteiger partial charge in [0.15, 0.2) is 0 Å². The van der Waals surface area contributed by atoms with Gasteiger partial charge in [-0.1, -0.05) is 0 Å². The van der Waals surface area contributed by atoms with E-state index in [1.807, 2.05) is 0 Å². The number of pyridine rings is 1. The lowest BCUT2D eigenvalue weighted by molar-refractivity contribution is 0.595. The summed E-state index contributed by atoms with van der Waals surface area (Å²) >= 11 is 3.17. The van der Waals surface area contributed by atoms with Gasteiger partial charge in [0.25, 0.3) is 15.6 Å². The molecule has 0 atom stereocenters. The maximum absolute atomic E-state index is 12.3. The standard InChI is InChI=1S/C12H12BrN3O5S2/c1-16-7-8(13)6-11(12(16)17)15-23(20,21)10-4-2-9(3-5-10)22(14,18)19/h2-7,15H,1H3,(H2,14,18,19). The molecule has 0 radical (unpaired) electrons. The zero-order chi connectivity index (χ0) is 17.4. The van der Waals surface area contributed by atoms with E-state index in [4.69, 9.17) is 5.14 Å². The van der Waals surface area contributed by atoms with Crippen LogP contribution in [0.4, 0.5) is 5.69 Å². The van der Waals surface area contributed by atoms with Crippen LogP contribution in [0.2, 0.25) is 0 Å². The first kappa shape index (κ1) is 17.7. The average Bonchev–Trinajstić information content (AvgIpc) is 2.43. The highest BCUT2D eigenvalue weighted by atomic mass is 79.9. The summed E-state index contributed by atoms with van der Waals surface area (Å²) in [5.41, 5.74) is -0.671. The maximum Gasteiger partial charge on any atom is 0.274 e. The number of nitrogens with two attached hydrogens (primary N) is 1. The third kappa shape index (κ3) is 3.99. The molecule has 124 valence electrons. The number of hydrogen-bond donors (Lipinski definition) is 2. The van der Waals surface area contributed by atoms with Crippen molar-refractivity contribution < 1.29 is 16.8 Å². The topological polar surface area (TPSA) is 128 Å². The highest BCUT2D eigenvalue weighted by Crippen LogP contribution is 2.18. The third-order valence-corrected chi connectivity index (χ3v) is 5.60. The minimum atomic E-state index is -4.05. The van der Waals surface area contributed by atoms with Gasteiger partial charge in [-0.15, -0.1) is 0 Å². The average molecular weight is 422 g/mol. The van der Waals surface area contributed by atoms with E-state index in [2.05, 4.69) is 20.7 Å². The summed E-state index contributed by atoms with van der Waals surface area (Å²) in [4.78, 5) is 11.5. The molecule has 0 saturated heterocycles. The van der Waals surface area contributed by atoms with Crippen LogP contribution in [-0.4, -0.2) is 21.4 Å². The summed E-state index contributed by atoms with van der Waals surface area (Å²) in [6.45, 7) is 0. The van der Waals surface area contributed by atoms with Crippen molar-refractivity contribution in [2.24, 2.45) is 12.2 Å². The summed E-state index contributed by atoms with van der Waals surface area (Å²) in [6.07, 6.45) is 1.49. The molecule has 0 saturated carbocycles. The van der Waals surface area contributed by atoms with Crippen LogP contribution in [0.15, 0.2) is 55.6 Å². The van der Waals surface area contributed by atoms with Gasteiger partial charge in [0.05, 0.1) is 9.79 Å².